The number of Topliss-reactive ketones (excluding diaryl/α,β-unsaturated/α-hetero) is 1. The lowest BCUT2D eigenvalue weighted by Gasteiger charge is -2.59. The minimum absolute atomic E-state index is 0.00531. The molecule has 46 heavy (non-hydrogen) atoms. The zero-order chi connectivity index (χ0) is 32.5. The smallest absolute Gasteiger partial charge is 0.339 e. The summed E-state index contributed by atoms with van der Waals surface area (Å²) in [6.07, 6.45) is 8.73. The van der Waals surface area contributed by atoms with Gasteiger partial charge in [-0.2, -0.15) is 0 Å². The average molecular weight is 656 g/mol. The molecule has 7 rings (SSSR count). The molecule has 242 valence electrons. The zero-order valence-corrected chi connectivity index (χ0v) is 29.3. The van der Waals surface area contributed by atoms with Crippen LogP contribution in [0.15, 0.2) is 64.5 Å². The van der Waals surface area contributed by atoms with Gasteiger partial charge in [-0.1, -0.05) is 76.2 Å². The number of hydrogen-bond acceptors (Lipinski definition) is 7. The quantitative estimate of drug-likeness (QED) is 0.195. The predicted molar refractivity (Wildman–Crippen MR) is 185 cm³/mol. The monoisotopic (exact) mass is 655 g/mol. The van der Waals surface area contributed by atoms with E-state index in [2.05, 4.69) is 40.7 Å². The van der Waals surface area contributed by atoms with E-state index in [9.17, 15) is 14.4 Å². The van der Waals surface area contributed by atoms with Crippen molar-refractivity contribution in [3.05, 3.63) is 71.3 Å². The predicted octanol–water partition coefficient (Wildman–Crippen LogP) is 9.38. The normalized spacial score (nSPS) is 32.3. The van der Waals surface area contributed by atoms with Gasteiger partial charge in [0.05, 0.1) is 21.5 Å². The van der Waals surface area contributed by atoms with Crippen LogP contribution in [0.2, 0.25) is 0 Å². The highest BCUT2D eigenvalue weighted by Crippen LogP contribution is 2.68. The number of nitrogens with zero attached hydrogens (tertiary/aromatic N) is 1. The molecule has 7 heteroatoms. The van der Waals surface area contributed by atoms with Crippen molar-refractivity contribution >= 4 is 50.9 Å². The van der Waals surface area contributed by atoms with Gasteiger partial charge in [-0.15, -0.1) is 11.3 Å². The van der Waals surface area contributed by atoms with Gasteiger partial charge in [0.2, 0.25) is 0 Å². The highest BCUT2D eigenvalue weighted by Gasteiger charge is 2.68. The molecule has 0 saturated heterocycles. The van der Waals surface area contributed by atoms with E-state index in [0.29, 0.717) is 30.2 Å². The van der Waals surface area contributed by atoms with Gasteiger partial charge >= 0.3 is 5.97 Å². The van der Waals surface area contributed by atoms with Crippen molar-refractivity contribution < 1.29 is 19.1 Å². The van der Waals surface area contributed by atoms with E-state index in [1.54, 1.807) is 11.3 Å². The highest BCUT2D eigenvalue weighted by molar-refractivity contribution is 8.01. The van der Waals surface area contributed by atoms with E-state index in [1.165, 1.54) is 17.3 Å². The van der Waals surface area contributed by atoms with Crippen LogP contribution in [0.4, 0.5) is 0 Å². The fourth-order valence-corrected chi connectivity index (χ4v) is 11.7. The van der Waals surface area contributed by atoms with Crippen LogP contribution < -0.4 is 0 Å². The molecule has 3 aromatic rings. The molecule has 3 fully saturated rings. The molecule has 3 saturated carbocycles. The Kier molecular flexibility index (Phi) is 7.91. The summed E-state index contributed by atoms with van der Waals surface area (Å²) >= 11 is 3.07. The second-order valence-corrected chi connectivity index (χ2v) is 17.9. The van der Waals surface area contributed by atoms with Gasteiger partial charge in [-0.3, -0.25) is 9.59 Å². The molecular formula is C39H45NO4S2. The van der Waals surface area contributed by atoms with Gasteiger partial charge < -0.3 is 4.74 Å². The van der Waals surface area contributed by atoms with E-state index in [4.69, 9.17) is 9.72 Å². The van der Waals surface area contributed by atoms with Crippen molar-refractivity contribution in [1.29, 1.82) is 0 Å². The largest absolute Gasteiger partial charge is 0.447 e. The Morgan fingerprint density at radius 2 is 1.70 bits per heavy atom. The number of fused-ring (bicyclic) bond motifs is 6. The topological polar surface area (TPSA) is 73.3 Å². The SMILES string of the molecule is CC(C)(C)c1ccc(C(=O)O[C@]2(C(=O)CSc3nc4ccccc4s3)CCC3C4CCC5=CC(=O)CCC5(C)C4CCC32C)cc1. The standard InChI is InChI=1S/C39H45NO4S2/c1-36(2,3)25-12-10-24(11-13-25)34(43)44-39(33(42)23-45-35-40-31-8-6-7-9-32(31)46-35)21-18-30-28-15-14-26-22-27(41)16-19-37(26,4)29(28)17-20-38(30,39)5/h6-13,22,28-30H,14-21,23H2,1-5H3/t28?,29?,30?,37?,38?,39-/m0/s1. The molecule has 1 heterocycles. The Bertz CT molecular complexity index is 1700. The molecule has 0 N–H and O–H groups in total. The number of carbonyl (C=O) groups excluding carboxylic acids is 3. The van der Waals surface area contributed by atoms with Crippen LogP contribution in [-0.4, -0.2) is 33.9 Å². The summed E-state index contributed by atoms with van der Waals surface area (Å²) in [6.45, 7) is 11.1. The molecule has 1 aromatic heterocycles. The van der Waals surface area contributed by atoms with Gasteiger partial charge in [-0.05, 0) is 109 Å². The van der Waals surface area contributed by atoms with E-state index in [1.807, 2.05) is 48.5 Å². The molecule has 4 aliphatic carbocycles. The second kappa shape index (κ2) is 11.4. The summed E-state index contributed by atoms with van der Waals surface area (Å²) in [7, 11) is 0. The number of carbonyl (C=O) groups is 3. The van der Waals surface area contributed by atoms with Crippen LogP contribution in [0.5, 0.6) is 0 Å². The molecular weight excluding hydrogens is 611 g/mol. The van der Waals surface area contributed by atoms with Gasteiger partial charge in [0, 0.05) is 11.8 Å². The minimum atomic E-state index is -1.19. The number of thioether (sulfide) groups is 1. The number of aromatic nitrogens is 1. The van der Waals surface area contributed by atoms with Crippen LogP contribution >= 0.6 is 23.1 Å². The van der Waals surface area contributed by atoms with Crippen LogP contribution in [0, 0.1) is 28.6 Å². The second-order valence-electron chi connectivity index (χ2n) is 15.7. The lowest BCUT2D eigenvalue weighted by Crippen LogP contribution is -2.59. The summed E-state index contributed by atoms with van der Waals surface area (Å²) < 4.78 is 8.61. The first-order chi connectivity index (χ1) is 21.8. The molecule has 5 nitrogen and oxygen atoms in total. The van der Waals surface area contributed by atoms with E-state index >= 15 is 0 Å². The van der Waals surface area contributed by atoms with Crippen molar-refractivity contribution in [2.24, 2.45) is 28.6 Å². The highest BCUT2D eigenvalue weighted by atomic mass is 32.2. The van der Waals surface area contributed by atoms with E-state index in [0.717, 1.165) is 58.6 Å². The Morgan fingerprint density at radius 1 is 0.957 bits per heavy atom. The Morgan fingerprint density at radius 3 is 2.43 bits per heavy atom. The molecule has 0 bridgehead atoms. The van der Waals surface area contributed by atoms with Gasteiger partial charge in [0.1, 0.15) is 0 Å². The number of benzene rings is 2. The zero-order valence-electron chi connectivity index (χ0n) is 27.7. The molecule has 5 unspecified atom stereocenters. The molecule has 0 radical (unpaired) electrons. The van der Waals surface area contributed by atoms with E-state index in [-0.39, 0.29) is 34.1 Å². The van der Waals surface area contributed by atoms with E-state index < -0.39 is 17.0 Å². The third-order valence-electron chi connectivity index (χ3n) is 12.4. The summed E-state index contributed by atoms with van der Waals surface area (Å²) in [5.41, 5.74) is 2.29. The average Bonchev–Trinajstić information content (AvgIpc) is 3.58. The van der Waals surface area contributed by atoms with Crippen molar-refractivity contribution in [3.8, 4) is 0 Å². The molecule has 0 spiro atoms. The molecule has 0 amide bonds. The van der Waals surface area contributed by atoms with Crippen molar-refractivity contribution in [2.45, 2.75) is 101 Å². The summed E-state index contributed by atoms with van der Waals surface area (Å²) in [5.74, 6) is 1.31. The van der Waals surface area contributed by atoms with Gasteiger partial charge in [0.15, 0.2) is 21.5 Å². The number of thiazole rings is 1. The Labute approximate surface area is 281 Å². The van der Waals surface area contributed by atoms with Crippen LogP contribution in [0.1, 0.15) is 102 Å². The van der Waals surface area contributed by atoms with Crippen molar-refractivity contribution in [3.63, 3.8) is 0 Å². The first kappa shape index (κ1) is 31.8. The van der Waals surface area contributed by atoms with Crippen LogP contribution in [0.3, 0.4) is 0 Å². The van der Waals surface area contributed by atoms with Crippen LogP contribution in [-0.2, 0) is 19.7 Å². The molecule has 0 aliphatic heterocycles. The third kappa shape index (κ3) is 5.11. The first-order valence-electron chi connectivity index (χ1n) is 16.9. The van der Waals surface area contributed by atoms with Crippen molar-refractivity contribution in [2.75, 3.05) is 5.75 Å². The molecule has 2 aromatic carbocycles. The maximum Gasteiger partial charge on any atom is 0.339 e. The molecule has 4 aliphatic rings. The first-order valence-corrected chi connectivity index (χ1v) is 18.7. The number of ketones is 2. The lowest BCUT2D eigenvalue weighted by atomic mass is 9.46. The number of hydrogen-bond donors (Lipinski definition) is 0. The summed E-state index contributed by atoms with van der Waals surface area (Å²) in [5, 5.41) is 0. The third-order valence-corrected chi connectivity index (χ3v) is 14.6. The van der Waals surface area contributed by atoms with Crippen LogP contribution in [0.25, 0.3) is 10.2 Å². The maximum absolute atomic E-state index is 14.7. The Hall–Kier alpha value is -2.77. The number of para-hydroxylation sites is 1. The fraction of sp³-hybridized carbons (Fsp3) is 0.538. The van der Waals surface area contributed by atoms with Gasteiger partial charge in [0.25, 0.3) is 0 Å². The lowest BCUT2D eigenvalue weighted by molar-refractivity contribution is -0.161. The maximum atomic E-state index is 14.7. The van der Waals surface area contributed by atoms with Crippen molar-refractivity contribution in [1.82, 2.24) is 4.98 Å². The molecule has 6 atom stereocenters. The number of ether oxygens (including phenoxy) is 1. The minimum Gasteiger partial charge on any atom is -0.447 e. The number of esters is 1. The Balaban J connectivity index is 1.20. The number of rotatable bonds is 6. The fourth-order valence-electron chi connectivity index (χ4n) is 9.72. The number of allylic oxidation sites excluding steroid dienone is 1. The summed E-state index contributed by atoms with van der Waals surface area (Å²) in [6, 6.07) is 15.7. The van der Waals surface area contributed by atoms with Gasteiger partial charge in [-0.25, -0.2) is 9.78 Å². The summed E-state index contributed by atoms with van der Waals surface area (Å²) in [4.78, 5) is 45.8.